The van der Waals surface area contributed by atoms with E-state index in [-0.39, 0.29) is 17.9 Å². The topological polar surface area (TPSA) is 41.6 Å². The Kier molecular flexibility index (Phi) is 5.47. The van der Waals surface area contributed by atoms with E-state index in [1.807, 2.05) is 20.8 Å². The fourth-order valence-corrected chi connectivity index (χ4v) is 3.27. The molecule has 1 atom stereocenters. The molecule has 5 heteroatoms. The molecule has 1 N–H and O–H groups in total. The van der Waals surface area contributed by atoms with E-state index >= 15 is 0 Å². The second-order valence-electron chi connectivity index (χ2n) is 7.34. The number of nitrogens with one attached hydrogen (secondary N) is 1. The van der Waals surface area contributed by atoms with E-state index in [1.54, 1.807) is 4.90 Å². The molecular formula is C16H29FN2O2. The first-order valence-electron chi connectivity index (χ1n) is 8.19. The molecule has 0 aromatic rings. The predicted octanol–water partition coefficient (Wildman–Crippen LogP) is 2.97. The molecule has 2 rings (SSSR count). The molecule has 2 aliphatic heterocycles. The maximum atomic E-state index is 14.6. The van der Waals surface area contributed by atoms with Crippen LogP contribution in [0.5, 0.6) is 0 Å². The molecule has 122 valence electrons. The summed E-state index contributed by atoms with van der Waals surface area (Å²) in [5.74, 6) is 0.302. The minimum atomic E-state index is -0.715. The molecule has 1 unspecified atom stereocenters. The first kappa shape index (κ1) is 16.5. The molecular weight excluding hydrogens is 271 g/mol. The average Bonchev–Trinajstić information content (AvgIpc) is 2.46. The average molecular weight is 300 g/mol. The number of carbonyl (C=O) groups excluding carboxylic acids is 1. The lowest BCUT2D eigenvalue weighted by molar-refractivity contribution is 0.0102. The molecule has 2 aliphatic rings. The highest BCUT2D eigenvalue weighted by Crippen LogP contribution is 2.31. The van der Waals surface area contributed by atoms with Gasteiger partial charge in [-0.15, -0.1) is 0 Å². The Hall–Kier alpha value is -0.840. The number of hydrogen-bond donors (Lipinski definition) is 1. The van der Waals surface area contributed by atoms with Crippen molar-refractivity contribution in [2.24, 2.45) is 11.8 Å². The Morgan fingerprint density at radius 2 is 1.67 bits per heavy atom. The molecule has 1 amide bonds. The standard InChI is InChI=1S/C16H29FN2O2/c1-16(2,3)21-15(20)19-10-6-13(7-11-19)14(17)12-4-8-18-9-5-12/h12-14,18H,4-11H2,1-3H3. The highest BCUT2D eigenvalue weighted by Gasteiger charge is 2.34. The fraction of sp³-hybridized carbons (Fsp3) is 0.938. The van der Waals surface area contributed by atoms with Gasteiger partial charge in [0.2, 0.25) is 0 Å². The summed E-state index contributed by atoms with van der Waals surface area (Å²) in [5.41, 5.74) is -0.467. The molecule has 0 bridgehead atoms. The summed E-state index contributed by atoms with van der Waals surface area (Å²) < 4.78 is 20.0. The maximum Gasteiger partial charge on any atom is 0.410 e. The van der Waals surface area contributed by atoms with Crippen LogP contribution in [0, 0.1) is 11.8 Å². The number of halogens is 1. The minimum absolute atomic E-state index is 0.104. The minimum Gasteiger partial charge on any atom is -0.444 e. The second kappa shape index (κ2) is 6.95. The number of likely N-dealkylation sites (tertiary alicyclic amines) is 1. The third-order valence-electron chi connectivity index (χ3n) is 4.48. The summed E-state index contributed by atoms with van der Waals surface area (Å²) in [5, 5.41) is 3.28. The monoisotopic (exact) mass is 300 g/mol. The van der Waals surface area contributed by atoms with Gasteiger partial charge in [-0.05, 0) is 71.4 Å². The largest absolute Gasteiger partial charge is 0.444 e. The fourth-order valence-electron chi connectivity index (χ4n) is 3.27. The van der Waals surface area contributed by atoms with E-state index in [9.17, 15) is 9.18 Å². The molecule has 0 aromatic carbocycles. The van der Waals surface area contributed by atoms with Crippen LogP contribution in [0.3, 0.4) is 0 Å². The van der Waals surface area contributed by atoms with Gasteiger partial charge >= 0.3 is 6.09 Å². The normalized spacial score (nSPS) is 23.9. The van der Waals surface area contributed by atoms with Crippen LogP contribution in [-0.2, 0) is 4.74 Å². The molecule has 0 aromatic heterocycles. The highest BCUT2D eigenvalue weighted by molar-refractivity contribution is 5.68. The van der Waals surface area contributed by atoms with Crippen molar-refractivity contribution in [3.05, 3.63) is 0 Å². The Labute approximate surface area is 127 Å². The first-order chi connectivity index (χ1) is 9.87. The van der Waals surface area contributed by atoms with Crippen molar-refractivity contribution >= 4 is 6.09 Å². The van der Waals surface area contributed by atoms with Gasteiger partial charge in [0.1, 0.15) is 11.8 Å². The van der Waals surface area contributed by atoms with Gasteiger partial charge in [-0.3, -0.25) is 0 Å². The molecule has 21 heavy (non-hydrogen) atoms. The van der Waals surface area contributed by atoms with Crippen molar-refractivity contribution in [2.45, 2.75) is 58.2 Å². The lowest BCUT2D eigenvalue weighted by Crippen LogP contribution is -2.45. The maximum absolute atomic E-state index is 14.6. The summed E-state index contributed by atoms with van der Waals surface area (Å²) in [6, 6.07) is 0. The molecule has 0 spiro atoms. The Balaban J connectivity index is 1.78. The first-order valence-corrected chi connectivity index (χ1v) is 8.19. The van der Waals surface area contributed by atoms with Gasteiger partial charge in [0, 0.05) is 13.1 Å². The van der Waals surface area contributed by atoms with Crippen molar-refractivity contribution in [1.82, 2.24) is 10.2 Å². The Bertz CT molecular complexity index is 343. The lowest BCUT2D eigenvalue weighted by atomic mass is 9.81. The summed E-state index contributed by atoms with van der Waals surface area (Å²) in [6.45, 7) is 8.70. The molecule has 2 saturated heterocycles. The summed E-state index contributed by atoms with van der Waals surface area (Å²) in [7, 11) is 0. The number of carbonyl (C=O) groups is 1. The lowest BCUT2D eigenvalue weighted by Gasteiger charge is -2.37. The van der Waals surface area contributed by atoms with Crippen LogP contribution < -0.4 is 5.32 Å². The van der Waals surface area contributed by atoms with E-state index in [0.717, 1.165) is 38.8 Å². The third-order valence-corrected chi connectivity index (χ3v) is 4.48. The highest BCUT2D eigenvalue weighted by atomic mass is 19.1. The van der Waals surface area contributed by atoms with Crippen molar-refractivity contribution in [2.75, 3.05) is 26.2 Å². The molecule has 2 heterocycles. The quantitative estimate of drug-likeness (QED) is 0.852. The molecule has 0 radical (unpaired) electrons. The van der Waals surface area contributed by atoms with Gasteiger partial charge < -0.3 is 15.0 Å². The van der Waals surface area contributed by atoms with Crippen LogP contribution in [0.25, 0.3) is 0 Å². The number of nitrogens with zero attached hydrogens (tertiary/aromatic N) is 1. The summed E-state index contributed by atoms with van der Waals surface area (Å²) >= 11 is 0. The zero-order valence-electron chi connectivity index (χ0n) is 13.5. The van der Waals surface area contributed by atoms with Crippen molar-refractivity contribution in [3.8, 4) is 0 Å². The number of rotatable bonds is 2. The van der Waals surface area contributed by atoms with Gasteiger partial charge in [-0.1, -0.05) is 0 Å². The van der Waals surface area contributed by atoms with E-state index < -0.39 is 11.8 Å². The van der Waals surface area contributed by atoms with Gasteiger partial charge in [0.05, 0.1) is 0 Å². The van der Waals surface area contributed by atoms with E-state index in [2.05, 4.69) is 5.32 Å². The number of amides is 1. The zero-order valence-corrected chi connectivity index (χ0v) is 13.5. The summed E-state index contributed by atoms with van der Waals surface area (Å²) in [4.78, 5) is 13.7. The van der Waals surface area contributed by atoms with E-state index in [0.29, 0.717) is 13.1 Å². The van der Waals surface area contributed by atoms with Gasteiger partial charge in [0.25, 0.3) is 0 Å². The van der Waals surface area contributed by atoms with E-state index in [4.69, 9.17) is 4.74 Å². The Morgan fingerprint density at radius 3 is 2.19 bits per heavy atom. The zero-order chi connectivity index (χ0) is 15.5. The second-order valence-corrected chi connectivity index (χ2v) is 7.34. The number of ether oxygens (including phenoxy) is 1. The van der Waals surface area contributed by atoms with Crippen LogP contribution >= 0.6 is 0 Å². The Morgan fingerprint density at radius 1 is 1.14 bits per heavy atom. The van der Waals surface area contributed by atoms with Gasteiger partial charge in [-0.25, -0.2) is 9.18 Å². The SMILES string of the molecule is CC(C)(C)OC(=O)N1CCC(C(F)C2CCNCC2)CC1. The molecule has 0 saturated carbocycles. The number of alkyl halides is 1. The molecule has 0 aliphatic carbocycles. The van der Waals surface area contributed by atoms with E-state index in [1.165, 1.54) is 0 Å². The number of hydrogen-bond acceptors (Lipinski definition) is 3. The van der Waals surface area contributed by atoms with Crippen molar-refractivity contribution in [1.29, 1.82) is 0 Å². The van der Waals surface area contributed by atoms with Crippen LogP contribution in [-0.4, -0.2) is 48.9 Å². The van der Waals surface area contributed by atoms with Crippen molar-refractivity contribution < 1.29 is 13.9 Å². The van der Waals surface area contributed by atoms with Crippen LogP contribution in [0.15, 0.2) is 0 Å². The molecule has 4 nitrogen and oxygen atoms in total. The summed E-state index contributed by atoms with van der Waals surface area (Å²) in [6.07, 6.45) is 2.40. The predicted molar refractivity (Wildman–Crippen MR) is 81.0 cm³/mol. The smallest absolute Gasteiger partial charge is 0.410 e. The molecule has 2 fully saturated rings. The van der Waals surface area contributed by atoms with Crippen LogP contribution in [0.1, 0.15) is 46.5 Å². The number of piperidine rings is 2. The third kappa shape index (κ3) is 4.83. The van der Waals surface area contributed by atoms with Gasteiger partial charge in [-0.2, -0.15) is 0 Å². The van der Waals surface area contributed by atoms with Crippen LogP contribution in [0.4, 0.5) is 9.18 Å². The van der Waals surface area contributed by atoms with Crippen LogP contribution in [0.2, 0.25) is 0 Å². The van der Waals surface area contributed by atoms with Gasteiger partial charge in [0.15, 0.2) is 0 Å². The van der Waals surface area contributed by atoms with Crippen molar-refractivity contribution in [3.63, 3.8) is 0 Å².